The number of carboxylic acid groups (broad SMARTS) is 2. The molecule has 0 aliphatic heterocycles. The Kier molecular flexibility index (Phi) is 37.7. The second kappa shape index (κ2) is 43.7. The molecule has 38 heteroatoms. The number of nitrogens with two attached hydrogens (primary N) is 4. The number of hydrogen-bond acceptors (Lipinski definition) is 22. The van der Waals surface area contributed by atoms with Crippen molar-refractivity contribution in [3.05, 3.63) is 59.7 Å². The van der Waals surface area contributed by atoms with Gasteiger partial charge >= 0.3 is 11.9 Å². The predicted octanol–water partition coefficient (Wildman–Crippen LogP) is -5.50. The zero-order valence-electron chi connectivity index (χ0n) is 56.7. The summed E-state index contributed by atoms with van der Waals surface area (Å²) in [4.78, 5) is 214. The summed E-state index contributed by atoms with van der Waals surface area (Å²) < 4.78 is 0. The minimum absolute atomic E-state index is 0.110. The van der Waals surface area contributed by atoms with Gasteiger partial charge in [0.2, 0.25) is 82.7 Å². The molecule has 0 radical (unpaired) electrons. The van der Waals surface area contributed by atoms with Crippen molar-refractivity contribution in [2.75, 3.05) is 18.1 Å². The molecule has 0 bridgehead atoms. The maximum absolute atomic E-state index is 14.6. The van der Waals surface area contributed by atoms with Crippen molar-refractivity contribution >= 4 is 120 Å². The normalized spacial score (nSPS) is 15.0. The van der Waals surface area contributed by atoms with Crippen LogP contribution in [-0.2, 0) is 89.6 Å². The summed E-state index contributed by atoms with van der Waals surface area (Å²) in [6.45, 7) is 9.14. The van der Waals surface area contributed by atoms with E-state index in [0.29, 0.717) is 12.0 Å². The average Bonchev–Trinajstić information content (AvgIpc) is 0.856. The van der Waals surface area contributed by atoms with E-state index in [0.717, 1.165) is 0 Å². The first-order valence-electron chi connectivity index (χ1n) is 32.1. The van der Waals surface area contributed by atoms with Crippen LogP contribution in [0.15, 0.2) is 48.5 Å². The minimum Gasteiger partial charge on any atom is -0.508 e. The van der Waals surface area contributed by atoms with Crippen LogP contribution in [0.3, 0.4) is 0 Å². The molecule has 0 saturated heterocycles. The monoisotopic (exact) mass is 1460 g/mol. The van der Waals surface area contributed by atoms with Crippen molar-refractivity contribution in [3.63, 3.8) is 0 Å². The van der Waals surface area contributed by atoms with Crippen LogP contribution in [0.2, 0.25) is 0 Å². The standard InChI is InChI=1S/C63H95N15O21S2/c1-7-31(6)51(67)62(97)78-46(28-101)61(96)76-44(26-79)59(94)71-39(21-30(4)5)55(90)72-40(22-32-8-12-34(80)13-9-32)56(91)68-36(16-18-47(64)82)52(87)70-38(20-29(2)3)54(89)69-37(17-19-50(85)86)53(88)74-42(24-48(65)83)58(93)73-41(23-33-10-14-35(81)15-11-33)57(92)77-45(27-100)60(95)75-43(63(98)99)25-49(66)84/h8-15,29-31,36-46,51,79-81,100-101H,7,16-28,67H2,1-6H3,(H2,64,82)(H2,65,83)(H2,66,84)(H,68,91)(H,69,89)(H,70,87)(H,71,94)(H,72,90)(H,73,93)(H,74,88)(H,75,95)(H,76,96)(H,77,92)(H,78,97)(H,85,86)(H,98,99)/t31-,36-,37-,38-,39-,40-,41-,42-,43-,44-,45-,46-,51-/m0/s1. The Morgan fingerprint density at radius 3 is 1.05 bits per heavy atom. The lowest BCUT2D eigenvalue weighted by molar-refractivity contribution is -0.143. The predicted molar refractivity (Wildman–Crippen MR) is 367 cm³/mol. The number of carbonyl (C=O) groups is 16. The third-order valence-corrected chi connectivity index (χ3v) is 16.1. The van der Waals surface area contributed by atoms with E-state index in [1.54, 1.807) is 34.6 Å². The van der Waals surface area contributed by atoms with Gasteiger partial charge in [-0.05, 0) is 78.8 Å². The fraction of sp³-hybridized carbons (Fsp3) is 0.556. The highest BCUT2D eigenvalue weighted by atomic mass is 32.1. The van der Waals surface area contributed by atoms with Crippen molar-refractivity contribution in [1.82, 2.24) is 58.5 Å². The molecule has 0 aliphatic rings. The molecule has 0 saturated carbocycles. The van der Waals surface area contributed by atoms with Gasteiger partial charge in [0.15, 0.2) is 0 Å². The summed E-state index contributed by atoms with van der Waals surface area (Å²) in [6, 6.07) is -9.31. The largest absolute Gasteiger partial charge is 0.508 e. The smallest absolute Gasteiger partial charge is 0.326 e. The van der Waals surface area contributed by atoms with Crippen LogP contribution in [0.5, 0.6) is 11.5 Å². The molecule has 0 unspecified atom stereocenters. The van der Waals surface area contributed by atoms with E-state index in [1.807, 2.05) is 12.2 Å². The molecule has 560 valence electrons. The second-order valence-electron chi connectivity index (χ2n) is 24.7. The molecule has 14 amide bonds. The first-order valence-corrected chi connectivity index (χ1v) is 33.4. The highest BCUT2D eigenvalue weighted by molar-refractivity contribution is 7.80. The van der Waals surface area contributed by atoms with Crippen LogP contribution in [0, 0.1) is 17.8 Å². The zero-order chi connectivity index (χ0) is 76.5. The maximum atomic E-state index is 14.6. The number of carbonyl (C=O) groups excluding carboxylic acids is 14. The van der Waals surface area contributed by atoms with Crippen molar-refractivity contribution in [3.8, 4) is 11.5 Å². The lowest BCUT2D eigenvalue weighted by Gasteiger charge is -2.29. The number of benzene rings is 2. The number of hydrogen-bond donors (Lipinski definition) is 22. The van der Waals surface area contributed by atoms with E-state index in [1.165, 1.54) is 48.5 Å². The van der Waals surface area contributed by atoms with Crippen LogP contribution >= 0.6 is 25.3 Å². The van der Waals surface area contributed by atoms with Gasteiger partial charge in [-0.2, -0.15) is 25.3 Å². The number of aliphatic carboxylic acids is 2. The number of nitrogens with one attached hydrogen (secondary N) is 11. The van der Waals surface area contributed by atoms with Gasteiger partial charge in [0, 0.05) is 37.2 Å². The Hall–Kier alpha value is -9.82. The van der Waals surface area contributed by atoms with Gasteiger partial charge in [-0.15, -0.1) is 0 Å². The molecule has 0 aliphatic carbocycles. The molecule has 24 N–H and O–H groups in total. The highest BCUT2D eigenvalue weighted by Crippen LogP contribution is 2.17. The molecule has 36 nitrogen and oxygen atoms in total. The Morgan fingerprint density at radius 2 is 0.693 bits per heavy atom. The fourth-order valence-electron chi connectivity index (χ4n) is 9.55. The van der Waals surface area contributed by atoms with E-state index in [9.17, 15) is 102 Å². The molecule has 0 fully saturated rings. The maximum Gasteiger partial charge on any atom is 0.326 e. The van der Waals surface area contributed by atoms with Crippen molar-refractivity contribution in [2.45, 2.75) is 185 Å². The van der Waals surface area contributed by atoms with Gasteiger partial charge in [-0.1, -0.05) is 72.2 Å². The van der Waals surface area contributed by atoms with E-state index in [4.69, 9.17) is 22.9 Å². The van der Waals surface area contributed by atoms with Crippen molar-refractivity contribution in [2.24, 2.45) is 40.7 Å². The summed E-state index contributed by atoms with van der Waals surface area (Å²) in [5, 5.41) is 75.6. The van der Waals surface area contributed by atoms with Gasteiger partial charge in [0.1, 0.15) is 78.0 Å². The molecule has 0 aromatic heterocycles. The minimum atomic E-state index is -2.02. The third-order valence-electron chi connectivity index (χ3n) is 15.4. The van der Waals surface area contributed by atoms with E-state index in [2.05, 4.69) is 78.4 Å². The van der Waals surface area contributed by atoms with E-state index < -0.39 is 230 Å². The number of aliphatic hydroxyl groups excluding tert-OH is 1. The molecule has 101 heavy (non-hydrogen) atoms. The number of phenols is 2. The summed E-state index contributed by atoms with van der Waals surface area (Å²) in [5.74, 6) is -20.7. The molecule has 0 spiro atoms. The molecule has 2 aromatic rings. The number of rotatable bonds is 46. The Bertz CT molecular complexity index is 3240. The van der Waals surface area contributed by atoms with Gasteiger partial charge in [-0.25, -0.2) is 4.79 Å². The molecule has 2 rings (SSSR count). The summed E-state index contributed by atoms with van der Waals surface area (Å²) in [5.41, 5.74) is 22.7. The quantitative estimate of drug-likeness (QED) is 0.0275. The number of carboxylic acids is 2. The number of phenolic OH excluding ortho intramolecular Hbond substituents is 2. The number of aromatic hydroxyl groups is 2. The lowest BCUT2D eigenvalue weighted by atomic mass is 9.99. The first-order chi connectivity index (χ1) is 47.3. The van der Waals surface area contributed by atoms with Crippen LogP contribution in [0.1, 0.15) is 110 Å². The lowest BCUT2D eigenvalue weighted by Crippen LogP contribution is -2.61. The van der Waals surface area contributed by atoms with Crippen LogP contribution in [0.25, 0.3) is 0 Å². The molecule has 2 aromatic carbocycles. The molecule has 0 heterocycles. The highest BCUT2D eigenvalue weighted by Gasteiger charge is 2.38. The van der Waals surface area contributed by atoms with Crippen molar-refractivity contribution in [1.29, 1.82) is 0 Å². The van der Waals surface area contributed by atoms with E-state index in [-0.39, 0.29) is 53.9 Å². The zero-order valence-corrected chi connectivity index (χ0v) is 58.4. The first kappa shape index (κ1) is 87.3. The van der Waals surface area contributed by atoms with Gasteiger partial charge in [0.05, 0.1) is 25.5 Å². The third kappa shape index (κ3) is 31.9. The molecular weight excluding hydrogens is 1370 g/mol. The Labute approximate surface area is 592 Å². The number of aliphatic hydroxyl groups is 1. The SMILES string of the molecule is CC[C@H](C)[C@H](N)C(=O)N[C@@H](CS)C(=O)N[C@@H](CO)C(=O)N[C@@H](CC(C)C)C(=O)N[C@@H](Cc1ccc(O)cc1)C(=O)N[C@@H](CCC(N)=O)C(=O)N[C@@H](CC(C)C)C(=O)N[C@@H](CCC(=O)O)C(=O)N[C@@H](CC(N)=O)C(=O)N[C@@H](Cc1ccc(O)cc1)C(=O)N[C@@H](CS)C(=O)N[C@@H](CC(N)=O)C(=O)O. The van der Waals surface area contributed by atoms with Gasteiger partial charge in [0.25, 0.3) is 0 Å². The summed E-state index contributed by atoms with van der Waals surface area (Å²) in [7, 11) is 0. The average molecular weight is 1460 g/mol. The van der Waals surface area contributed by atoms with Crippen molar-refractivity contribution < 1.29 is 102 Å². The van der Waals surface area contributed by atoms with E-state index >= 15 is 0 Å². The summed E-state index contributed by atoms with van der Waals surface area (Å²) in [6.07, 6.45) is -5.15. The topological polar surface area (TPSA) is 611 Å². The summed E-state index contributed by atoms with van der Waals surface area (Å²) >= 11 is 8.21. The van der Waals surface area contributed by atoms with Crippen LogP contribution in [-0.4, -0.2) is 211 Å². The molecule has 13 atom stereocenters. The Morgan fingerprint density at radius 1 is 0.396 bits per heavy atom. The van der Waals surface area contributed by atoms with Gasteiger partial charge < -0.3 is 107 Å². The van der Waals surface area contributed by atoms with Gasteiger partial charge in [-0.3, -0.25) is 71.9 Å². The number of amides is 14. The second-order valence-corrected chi connectivity index (χ2v) is 25.5. The van der Waals surface area contributed by atoms with Crippen LogP contribution in [0.4, 0.5) is 0 Å². The Balaban J connectivity index is 2.58. The molecular formula is C63H95N15O21S2. The van der Waals surface area contributed by atoms with Crippen LogP contribution < -0.4 is 81.4 Å². The fourth-order valence-corrected chi connectivity index (χ4v) is 10.1. The number of thiol groups is 2. The number of primary amides is 3.